The molecule has 2 aliphatic heterocycles. The summed E-state index contributed by atoms with van der Waals surface area (Å²) in [4.78, 5) is 18.0. The molecule has 2 aliphatic rings. The minimum atomic E-state index is 0.0784. The van der Waals surface area contributed by atoms with Gasteiger partial charge in [0.2, 0.25) is 5.91 Å². The van der Waals surface area contributed by atoms with Crippen LogP contribution in [0.4, 0.5) is 0 Å². The van der Waals surface area contributed by atoms with Gasteiger partial charge in [0, 0.05) is 58.3 Å². The first-order valence-corrected chi connectivity index (χ1v) is 9.70. The fourth-order valence-electron chi connectivity index (χ4n) is 2.68. The number of hydrogen-bond acceptors (Lipinski definition) is 4. The van der Waals surface area contributed by atoms with Crippen molar-refractivity contribution < 1.29 is 9.53 Å². The summed E-state index contributed by atoms with van der Waals surface area (Å²) in [6.45, 7) is 25.7. The number of hydrogen-bond donors (Lipinski definition) is 0. The van der Waals surface area contributed by atoms with Gasteiger partial charge in [0.25, 0.3) is 0 Å². The molecule has 5 heteroatoms. The first-order chi connectivity index (χ1) is 12.5. The number of likely N-dealkylation sites (tertiary alicyclic amines) is 1. The van der Waals surface area contributed by atoms with Gasteiger partial charge in [-0.25, -0.2) is 0 Å². The van der Waals surface area contributed by atoms with Crippen molar-refractivity contribution in [2.24, 2.45) is 5.92 Å². The van der Waals surface area contributed by atoms with Crippen LogP contribution in [0.25, 0.3) is 0 Å². The number of piperazine rings is 1. The van der Waals surface area contributed by atoms with Crippen LogP contribution in [0.15, 0.2) is 37.5 Å². The standard InChI is InChI=1S/C12H21N3O.C7H12O.C2H6/c1-3-12(16)15-9-11(10-15)8-14-6-4-13(2)5-7-14;1-4-7(3)6-8-5-2;1-2/h3,11H,1,4-10H2,2H3;4H,1,3,5-6H2,2H3;1-2H3. The zero-order chi connectivity index (χ0) is 19.9. The second-order valence-corrected chi connectivity index (χ2v) is 6.42. The highest BCUT2D eigenvalue weighted by atomic mass is 16.5. The number of carbonyl (C=O) groups is 1. The summed E-state index contributed by atoms with van der Waals surface area (Å²) in [5.41, 5.74) is 0.937. The Balaban J connectivity index is 0.000000533. The zero-order valence-corrected chi connectivity index (χ0v) is 17.4. The van der Waals surface area contributed by atoms with E-state index < -0.39 is 0 Å². The van der Waals surface area contributed by atoms with E-state index in [-0.39, 0.29) is 5.91 Å². The highest BCUT2D eigenvalue weighted by Gasteiger charge is 2.31. The highest BCUT2D eigenvalue weighted by Crippen LogP contribution is 2.17. The second-order valence-electron chi connectivity index (χ2n) is 6.42. The molecular weight excluding hydrogens is 326 g/mol. The lowest BCUT2D eigenvalue weighted by Gasteiger charge is -2.42. The highest BCUT2D eigenvalue weighted by molar-refractivity contribution is 5.87. The van der Waals surface area contributed by atoms with Gasteiger partial charge >= 0.3 is 0 Å². The van der Waals surface area contributed by atoms with Gasteiger partial charge in [0.15, 0.2) is 0 Å². The lowest BCUT2D eigenvalue weighted by atomic mass is 9.99. The summed E-state index contributed by atoms with van der Waals surface area (Å²) in [5, 5.41) is 0. The molecule has 2 rings (SSSR count). The third-order valence-electron chi connectivity index (χ3n) is 4.34. The first kappa shape index (κ1) is 24.6. The summed E-state index contributed by atoms with van der Waals surface area (Å²) >= 11 is 0. The maximum absolute atomic E-state index is 11.3. The molecule has 0 aromatic heterocycles. The lowest BCUT2D eigenvalue weighted by Crippen LogP contribution is -2.55. The molecule has 0 spiro atoms. The van der Waals surface area contributed by atoms with Crippen LogP contribution in [0, 0.1) is 5.92 Å². The van der Waals surface area contributed by atoms with Crippen molar-refractivity contribution in [1.29, 1.82) is 0 Å². The van der Waals surface area contributed by atoms with E-state index in [1.807, 2.05) is 25.7 Å². The van der Waals surface area contributed by atoms with Gasteiger partial charge in [-0.05, 0) is 25.6 Å². The Bertz CT molecular complexity index is 423. The molecule has 0 bridgehead atoms. The summed E-state index contributed by atoms with van der Waals surface area (Å²) < 4.78 is 5.02. The van der Waals surface area contributed by atoms with Crippen LogP contribution in [-0.2, 0) is 9.53 Å². The van der Waals surface area contributed by atoms with E-state index >= 15 is 0 Å². The number of likely N-dealkylation sites (N-methyl/N-ethyl adjacent to an activating group) is 1. The molecule has 150 valence electrons. The van der Waals surface area contributed by atoms with E-state index in [1.54, 1.807) is 6.08 Å². The van der Waals surface area contributed by atoms with E-state index in [2.05, 4.69) is 36.6 Å². The van der Waals surface area contributed by atoms with Crippen molar-refractivity contribution in [2.75, 3.05) is 66.1 Å². The smallest absolute Gasteiger partial charge is 0.245 e. The van der Waals surface area contributed by atoms with Crippen LogP contribution in [0.5, 0.6) is 0 Å². The summed E-state index contributed by atoms with van der Waals surface area (Å²) in [6.07, 6.45) is 3.11. The molecule has 0 aromatic rings. The van der Waals surface area contributed by atoms with Crippen LogP contribution in [0.1, 0.15) is 20.8 Å². The number of carbonyl (C=O) groups excluding carboxylic acids is 1. The normalized spacial score (nSPS) is 17.8. The Morgan fingerprint density at radius 1 is 1.12 bits per heavy atom. The number of rotatable bonds is 7. The van der Waals surface area contributed by atoms with E-state index in [9.17, 15) is 4.79 Å². The molecule has 2 heterocycles. The van der Waals surface area contributed by atoms with E-state index in [1.165, 1.54) is 32.3 Å². The van der Waals surface area contributed by atoms with Crippen LogP contribution in [0.3, 0.4) is 0 Å². The van der Waals surface area contributed by atoms with Gasteiger partial charge in [0.1, 0.15) is 0 Å². The Kier molecular flexibility index (Phi) is 13.9. The molecule has 0 aromatic carbocycles. The molecule has 0 aliphatic carbocycles. The van der Waals surface area contributed by atoms with E-state index in [0.29, 0.717) is 12.5 Å². The van der Waals surface area contributed by atoms with Crippen LogP contribution in [0.2, 0.25) is 0 Å². The summed E-state index contributed by atoms with van der Waals surface area (Å²) in [7, 11) is 2.17. The molecule has 2 saturated heterocycles. The number of amides is 1. The third kappa shape index (κ3) is 9.90. The van der Waals surface area contributed by atoms with Crippen molar-refractivity contribution in [3.63, 3.8) is 0 Å². The predicted octanol–water partition coefficient (Wildman–Crippen LogP) is 2.67. The molecule has 26 heavy (non-hydrogen) atoms. The van der Waals surface area contributed by atoms with E-state index in [0.717, 1.165) is 31.8 Å². The van der Waals surface area contributed by atoms with Gasteiger partial charge in [-0.1, -0.05) is 39.7 Å². The van der Waals surface area contributed by atoms with Crippen molar-refractivity contribution in [1.82, 2.24) is 14.7 Å². The third-order valence-corrected chi connectivity index (χ3v) is 4.34. The van der Waals surface area contributed by atoms with Gasteiger partial charge in [0.05, 0.1) is 6.61 Å². The predicted molar refractivity (Wildman–Crippen MR) is 111 cm³/mol. The van der Waals surface area contributed by atoms with Crippen LogP contribution < -0.4 is 0 Å². The summed E-state index contributed by atoms with van der Waals surface area (Å²) in [6, 6.07) is 0. The fourth-order valence-corrected chi connectivity index (χ4v) is 2.68. The van der Waals surface area contributed by atoms with Crippen molar-refractivity contribution in [2.45, 2.75) is 20.8 Å². The van der Waals surface area contributed by atoms with Gasteiger partial charge < -0.3 is 19.4 Å². The monoisotopic (exact) mass is 365 g/mol. The Labute approximate surface area is 161 Å². The van der Waals surface area contributed by atoms with Crippen LogP contribution in [-0.4, -0.2) is 86.7 Å². The number of nitrogens with zero attached hydrogens (tertiary/aromatic N) is 3. The maximum Gasteiger partial charge on any atom is 0.245 e. The molecule has 2 fully saturated rings. The summed E-state index contributed by atoms with van der Waals surface area (Å²) in [5.74, 6) is 0.752. The van der Waals surface area contributed by atoms with Gasteiger partial charge in [-0.15, -0.1) is 0 Å². The average molecular weight is 366 g/mol. The van der Waals surface area contributed by atoms with Crippen molar-refractivity contribution in [3.05, 3.63) is 37.5 Å². The molecule has 0 saturated carbocycles. The zero-order valence-electron chi connectivity index (χ0n) is 17.4. The Morgan fingerprint density at radius 2 is 1.69 bits per heavy atom. The molecule has 0 unspecified atom stereocenters. The fraction of sp³-hybridized carbons (Fsp3) is 0.667. The topological polar surface area (TPSA) is 36.0 Å². The Morgan fingerprint density at radius 3 is 2.15 bits per heavy atom. The van der Waals surface area contributed by atoms with Gasteiger partial charge in [-0.3, -0.25) is 4.79 Å². The van der Waals surface area contributed by atoms with Gasteiger partial charge in [-0.2, -0.15) is 0 Å². The molecular formula is C21H39N3O2. The van der Waals surface area contributed by atoms with E-state index in [4.69, 9.17) is 4.74 Å². The van der Waals surface area contributed by atoms with Crippen molar-refractivity contribution in [3.8, 4) is 0 Å². The van der Waals surface area contributed by atoms with Crippen LogP contribution >= 0.6 is 0 Å². The largest absolute Gasteiger partial charge is 0.377 e. The second kappa shape index (κ2) is 14.7. The Hall–Kier alpha value is -1.43. The number of ether oxygens (including phenoxy) is 1. The minimum Gasteiger partial charge on any atom is -0.377 e. The SMILES string of the molecule is C=CC(=C)COCC.C=CC(=O)N1CC(CN2CCN(C)CC2)C1.CC. The molecule has 0 atom stereocenters. The quantitative estimate of drug-likeness (QED) is 0.513. The molecule has 0 radical (unpaired) electrons. The maximum atomic E-state index is 11.3. The molecule has 0 N–H and O–H groups in total. The minimum absolute atomic E-state index is 0.0784. The molecule has 5 nitrogen and oxygen atoms in total. The van der Waals surface area contributed by atoms with Crippen molar-refractivity contribution >= 4 is 5.91 Å². The lowest BCUT2D eigenvalue weighted by molar-refractivity contribution is -0.132. The average Bonchev–Trinajstić information content (AvgIpc) is 2.65. The molecule has 1 amide bonds. The first-order valence-electron chi connectivity index (χ1n) is 9.70.